The molecule has 2 N–H and O–H groups in total. The van der Waals surface area contributed by atoms with Crippen molar-refractivity contribution in [3.05, 3.63) is 0 Å². The highest BCUT2D eigenvalue weighted by Gasteiger charge is 2.16. The van der Waals surface area contributed by atoms with Crippen LogP contribution < -0.4 is 5.14 Å². The van der Waals surface area contributed by atoms with Gasteiger partial charge in [0.15, 0.2) is 0 Å². The van der Waals surface area contributed by atoms with E-state index in [1.54, 1.807) is 6.92 Å². The van der Waals surface area contributed by atoms with E-state index in [9.17, 15) is 8.42 Å². The van der Waals surface area contributed by atoms with Crippen LogP contribution in [-0.4, -0.2) is 28.6 Å². The monoisotopic (exact) mass is 177 g/mol. The van der Waals surface area contributed by atoms with Gasteiger partial charge in [-0.3, -0.25) is 0 Å². The summed E-state index contributed by atoms with van der Waals surface area (Å²) in [5.41, 5.74) is 0. The standard InChI is InChI=1S/C3H7N5O2S/c1-2-8-3(5-6-7-8)11(4,9)10/h2H2,1H3,(H2,4,9,10). The third kappa shape index (κ3) is 1.52. The number of sulfonamides is 1. The van der Waals surface area contributed by atoms with Crippen LogP contribution >= 0.6 is 0 Å². The minimum Gasteiger partial charge on any atom is -0.222 e. The molecule has 0 radical (unpaired) electrons. The maximum Gasteiger partial charge on any atom is 0.282 e. The Bertz CT molecular complexity index is 340. The molecule has 0 atom stereocenters. The molecule has 0 unspecified atom stereocenters. The number of hydrogen-bond acceptors (Lipinski definition) is 5. The van der Waals surface area contributed by atoms with E-state index < -0.39 is 10.0 Å². The third-order valence-electron chi connectivity index (χ3n) is 1.05. The predicted octanol–water partition coefficient (Wildman–Crippen LogP) is -1.66. The molecule has 0 saturated carbocycles. The maximum atomic E-state index is 10.7. The highest BCUT2D eigenvalue weighted by atomic mass is 32.2. The molecular weight excluding hydrogens is 170 g/mol. The molecule has 0 aliphatic carbocycles. The SMILES string of the molecule is CCn1nnnc1S(N)(=O)=O. The Morgan fingerprint density at radius 2 is 2.27 bits per heavy atom. The number of tetrazole rings is 1. The first-order valence-corrected chi connectivity index (χ1v) is 4.39. The number of rotatable bonds is 2. The van der Waals surface area contributed by atoms with Crippen molar-refractivity contribution in [1.82, 2.24) is 20.2 Å². The molecule has 0 saturated heterocycles. The van der Waals surface area contributed by atoms with Crippen molar-refractivity contribution < 1.29 is 8.42 Å². The van der Waals surface area contributed by atoms with Gasteiger partial charge in [-0.15, -0.1) is 0 Å². The highest BCUT2D eigenvalue weighted by molar-refractivity contribution is 7.89. The predicted molar refractivity (Wildman–Crippen MR) is 34.9 cm³/mol. The highest BCUT2D eigenvalue weighted by Crippen LogP contribution is 1.97. The van der Waals surface area contributed by atoms with Gasteiger partial charge < -0.3 is 0 Å². The van der Waals surface area contributed by atoms with Crippen LogP contribution in [0.5, 0.6) is 0 Å². The van der Waals surface area contributed by atoms with Crippen molar-refractivity contribution in [3.63, 3.8) is 0 Å². The third-order valence-corrected chi connectivity index (χ3v) is 1.85. The minimum absolute atomic E-state index is 0.306. The molecule has 7 nitrogen and oxygen atoms in total. The van der Waals surface area contributed by atoms with E-state index >= 15 is 0 Å². The van der Waals surface area contributed by atoms with E-state index in [1.807, 2.05) is 0 Å². The largest absolute Gasteiger partial charge is 0.282 e. The van der Waals surface area contributed by atoms with E-state index in [1.165, 1.54) is 0 Å². The second-order valence-corrected chi connectivity index (χ2v) is 3.28. The van der Waals surface area contributed by atoms with Crippen LogP contribution in [-0.2, 0) is 16.6 Å². The van der Waals surface area contributed by atoms with E-state index in [0.717, 1.165) is 4.68 Å². The molecule has 0 spiro atoms. The van der Waals surface area contributed by atoms with Gasteiger partial charge in [0.05, 0.1) is 0 Å². The van der Waals surface area contributed by atoms with Gasteiger partial charge in [0.25, 0.3) is 15.2 Å². The Kier molecular flexibility index (Phi) is 1.87. The topological polar surface area (TPSA) is 104 Å². The number of aryl methyl sites for hydroxylation is 1. The first-order valence-electron chi connectivity index (χ1n) is 2.84. The van der Waals surface area contributed by atoms with Crippen LogP contribution in [0.15, 0.2) is 5.16 Å². The van der Waals surface area contributed by atoms with Gasteiger partial charge in [0, 0.05) is 6.54 Å². The number of hydrogen-bond donors (Lipinski definition) is 1. The molecular formula is C3H7N5O2S. The van der Waals surface area contributed by atoms with E-state index in [-0.39, 0.29) is 5.16 Å². The summed E-state index contributed by atoms with van der Waals surface area (Å²) in [5, 5.41) is 14.3. The van der Waals surface area contributed by atoms with Crippen molar-refractivity contribution in [2.45, 2.75) is 18.6 Å². The fourth-order valence-corrected chi connectivity index (χ4v) is 1.21. The number of primary sulfonamides is 1. The maximum absolute atomic E-state index is 10.7. The normalized spacial score (nSPS) is 11.8. The van der Waals surface area contributed by atoms with Crippen LogP contribution in [0.3, 0.4) is 0 Å². The fraction of sp³-hybridized carbons (Fsp3) is 0.667. The first-order chi connectivity index (χ1) is 5.05. The van der Waals surface area contributed by atoms with Gasteiger partial charge in [-0.05, 0) is 17.4 Å². The average Bonchev–Trinajstić information content (AvgIpc) is 2.31. The van der Waals surface area contributed by atoms with Gasteiger partial charge in [-0.1, -0.05) is 5.10 Å². The molecule has 0 aliphatic rings. The molecule has 1 aromatic heterocycles. The van der Waals surface area contributed by atoms with Crippen LogP contribution in [0.25, 0.3) is 0 Å². The minimum atomic E-state index is -3.78. The molecule has 1 rings (SSSR count). The van der Waals surface area contributed by atoms with Gasteiger partial charge >= 0.3 is 0 Å². The number of nitrogens with zero attached hydrogens (tertiary/aromatic N) is 4. The Morgan fingerprint density at radius 3 is 2.64 bits per heavy atom. The summed E-state index contributed by atoms with van der Waals surface area (Å²) in [6.45, 7) is 2.09. The second-order valence-electron chi connectivity index (χ2n) is 1.82. The van der Waals surface area contributed by atoms with E-state index in [4.69, 9.17) is 5.14 Å². The molecule has 0 aliphatic heterocycles. The summed E-state index contributed by atoms with van der Waals surface area (Å²) < 4.78 is 22.5. The number of aromatic nitrogens is 4. The Hall–Kier alpha value is -1.02. The second kappa shape index (κ2) is 2.55. The zero-order valence-corrected chi connectivity index (χ0v) is 6.61. The van der Waals surface area contributed by atoms with Crippen molar-refractivity contribution in [1.29, 1.82) is 0 Å². The van der Waals surface area contributed by atoms with Crippen LogP contribution in [0, 0.1) is 0 Å². The lowest BCUT2D eigenvalue weighted by atomic mass is 10.8. The summed E-state index contributed by atoms with van der Waals surface area (Å²) in [4.78, 5) is 0. The van der Waals surface area contributed by atoms with Gasteiger partial charge in [-0.2, -0.15) is 0 Å². The number of nitrogens with two attached hydrogens (primary N) is 1. The average molecular weight is 177 g/mol. The lowest BCUT2D eigenvalue weighted by Crippen LogP contribution is -2.18. The molecule has 0 fully saturated rings. The van der Waals surface area contributed by atoms with Crippen molar-refractivity contribution >= 4 is 10.0 Å². The summed E-state index contributed by atoms with van der Waals surface area (Å²) in [6.07, 6.45) is 0. The summed E-state index contributed by atoms with van der Waals surface area (Å²) in [6, 6.07) is 0. The van der Waals surface area contributed by atoms with Crippen molar-refractivity contribution in [2.75, 3.05) is 0 Å². The van der Waals surface area contributed by atoms with Crippen molar-refractivity contribution in [3.8, 4) is 0 Å². The zero-order valence-electron chi connectivity index (χ0n) is 5.80. The molecule has 0 bridgehead atoms. The lowest BCUT2D eigenvalue weighted by molar-refractivity contribution is 0.542. The molecule has 0 aromatic carbocycles. The molecule has 1 heterocycles. The summed E-state index contributed by atoms with van der Waals surface area (Å²) in [5.74, 6) is 0. The van der Waals surface area contributed by atoms with E-state index in [0.29, 0.717) is 6.54 Å². The zero-order chi connectivity index (χ0) is 8.48. The Labute approximate surface area is 63.2 Å². The van der Waals surface area contributed by atoms with Crippen LogP contribution in [0.1, 0.15) is 6.92 Å². The Morgan fingerprint density at radius 1 is 1.64 bits per heavy atom. The van der Waals surface area contributed by atoms with Crippen LogP contribution in [0.4, 0.5) is 0 Å². The van der Waals surface area contributed by atoms with Crippen LogP contribution in [0.2, 0.25) is 0 Å². The van der Waals surface area contributed by atoms with Gasteiger partial charge in [-0.25, -0.2) is 18.2 Å². The molecule has 62 valence electrons. The van der Waals surface area contributed by atoms with Gasteiger partial charge in [0.2, 0.25) is 0 Å². The Balaban J connectivity index is 3.24. The van der Waals surface area contributed by atoms with E-state index in [2.05, 4.69) is 15.5 Å². The molecule has 0 amide bonds. The summed E-state index contributed by atoms with van der Waals surface area (Å²) >= 11 is 0. The molecule has 8 heteroatoms. The summed E-state index contributed by atoms with van der Waals surface area (Å²) in [7, 11) is -3.78. The first kappa shape index (κ1) is 8.08. The molecule has 1 aromatic rings. The van der Waals surface area contributed by atoms with Crippen molar-refractivity contribution in [2.24, 2.45) is 5.14 Å². The lowest BCUT2D eigenvalue weighted by Gasteiger charge is -1.95. The van der Waals surface area contributed by atoms with Gasteiger partial charge in [0.1, 0.15) is 0 Å². The smallest absolute Gasteiger partial charge is 0.222 e. The fourth-order valence-electron chi connectivity index (χ4n) is 0.599. The quantitative estimate of drug-likeness (QED) is 0.582. The molecule has 11 heavy (non-hydrogen) atoms.